The molecule has 0 spiro atoms. The topological polar surface area (TPSA) is 64.5 Å². The zero-order chi connectivity index (χ0) is 38.9. The van der Waals surface area contributed by atoms with Crippen molar-refractivity contribution in [2.45, 2.75) is 11.8 Å². The zero-order valence-electron chi connectivity index (χ0n) is 31.7. The summed E-state index contributed by atoms with van der Waals surface area (Å²) < 4.78 is 1.25. The highest BCUT2D eigenvalue weighted by molar-refractivity contribution is 7.22. The van der Waals surface area contributed by atoms with Gasteiger partial charge in [-0.25, -0.2) is 24.9 Å². The number of rotatable bonds is 6. The van der Waals surface area contributed by atoms with E-state index in [1.807, 2.05) is 54.6 Å². The molecule has 0 amide bonds. The summed E-state index contributed by atoms with van der Waals surface area (Å²) in [4.78, 5) is 26.6. The molecule has 3 heterocycles. The van der Waals surface area contributed by atoms with Gasteiger partial charge in [0.2, 0.25) is 0 Å². The Morgan fingerprint density at radius 2 is 0.746 bits per heavy atom. The molecule has 10 aromatic rings. The lowest BCUT2D eigenvalue weighted by atomic mass is 9.60. The first-order valence-corrected chi connectivity index (χ1v) is 20.7. The Bertz CT molecular complexity index is 3140. The summed E-state index contributed by atoms with van der Waals surface area (Å²) in [5.41, 5.74) is 14.8. The molecule has 3 aliphatic carbocycles. The number of thiophene rings is 1. The minimum absolute atomic E-state index is 0.0682. The maximum atomic E-state index is 5.23. The van der Waals surface area contributed by atoms with Gasteiger partial charge < -0.3 is 0 Å². The van der Waals surface area contributed by atoms with Crippen molar-refractivity contribution in [1.82, 2.24) is 24.9 Å². The standard InChI is InChI=1S/C53H33N5S/c1-4-14-32(15-5-1)50-54-44(31-45(55-50)47-30-36-20-10-13-23-46(36)59-47)35-24-26-40-42(28-35)48-38-21-11-12-22-39(38)49(40)43-29-37(25-27-41(43)48)53-57-51(33-16-6-2-7-17-33)56-52(58-53)34-18-8-3-9-19-34/h1-31,48-49H. The van der Waals surface area contributed by atoms with Crippen molar-refractivity contribution in [2.24, 2.45) is 0 Å². The summed E-state index contributed by atoms with van der Waals surface area (Å²) in [7, 11) is 0. The summed E-state index contributed by atoms with van der Waals surface area (Å²) >= 11 is 1.77. The van der Waals surface area contributed by atoms with Crippen LogP contribution in [0.1, 0.15) is 45.2 Å². The Morgan fingerprint density at radius 3 is 1.32 bits per heavy atom. The maximum Gasteiger partial charge on any atom is 0.164 e. The third kappa shape index (κ3) is 5.71. The molecule has 13 rings (SSSR count). The predicted molar refractivity (Wildman–Crippen MR) is 238 cm³/mol. The first kappa shape index (κ1) is 33.7. The molecule has 2 unspecified atom stereocenters. The highest BCUT2D eigenvalue weighted by atomic mass is 32.1. The van der Waals surface area contributed by atoms with E-state index in [2.05, 4.69) is 133 Å². The van der Waals surface area contributed by atoms with Crippen LogP contribution in [0.4, 0.5) is 0 Å². The van der Waals surface area contributed by atoms with Crippen LogP contribution in [-0.2, 0) is 0 Å². The molecule has 276 valence electrons. The number of aromatic nitrogens is 5. The summed E-state index contributed by atoms with van der Waals surface area (Å²) in [6, 6.07) is 66.3. The average Bonchev–Trinajstić information content (AvgIpc) is 3.76. The predicted octanol–water partition coefficient (Wildman–Crippen LogP) is 12.9. The summed E-state index contributed by atoms with van der Waals surface area (Å²) in [6.07, 6.45) is 0. The second-order valence-electron chi connectivity index (χ2n) is 15.2. The van der Waals surface area contributed by atoms with E-state index in [-0.39, 0.29) is 11.8 Å². The van der Waals surface area contributed by atoms with Gasteiger partial charge in [0, 0.05) is 44.4 Å². The van der Waals surface area contributed by atoms with E-state index in [0.29, 0.717) is 17.5 Å². The summed E-state index contributed by atoms with van der Waals surface area (Å²) in [5, 5.41) is 1.22. The van der Waals surface area contributed by atoms with E-state index < -0.39 is 0 Å². The molecule has 0 saturated carbocycles. The molecule has 6 heteroatoms. The monoisotopic (exact) mass is 771 g/mol. The normalized spacial score (nSPS) is 14.8. The van der Waals surface area contributed by atoms with Crippen molar-refractivity contribution in [3.63, 3.8) is 0 Å². The second-order valence-corrected chi connectivity index (χ2v) is 16.3. The Hall–Kier alpha value is -7.41. The van der Waals surface area contributed by atoms with Crippen LogP contribution in [0.3, 0.4) is 0 Å². The quantitative estimate of drug-likeness (QED) is 0.168. The fraction of sp³-hybridized carbons (Fsp3) is 0.0377. The van der Waals surface area contributed by atoms with Gasteiger partial charge in [-0.05, 0) is 69.1 Å². The Kier molecular flexibility index (Phi) is 7.78. The first-order chi connectivity index (χ1) is 29.2. The third-order valence-electron chi connectivity index (χ3n) is 11.7. The van der Waals surface area contributed by atoms with Crippen LogP contribution >= 0.6 is 11.3 Å². The van der Waals surface area contributed by atoms with E-state index >= 15 is 0 Å². The summed E-state index contributed by atoms with van der Waals surface area (Å²) in [6.45, 7) is 0. The highest BCUT2D eigenvalue weighted by Gasteiger charge is 2.41. The largest absolute Gasteiger partial charge is 0.228 e. The maximum absolute atomic E-state index is 5.23. The van der Waals surface area contributed by atoms with E-state index in [1.165, 1.54) is 43.5 Å². The molecule has 7 aromatic carbocycles. The van der Waals surface area contributed by atoms with Gasteiger partial charge in [0.1, 0.15) is 0 Å². The molecular weight excluding hydrogens is 739 g/mol. The molecule has 3 aromatic heterocycles. The fourth-order valence-corrected chi connectivity index (χ4v) is 10.0. The van der Waals surface area contributed by atoms with Crippen molar-refractivity contribution >= 4 is 21.4 Å². The van der Waals surface area contributed by atoms with Crippen molar-refractivity contribution < 1.29 is 0 Å². The van der Waals surface area contributed by atoms with E-state index in [9.17, 15) is 0 Å². The van der Waals surface area contributed by atoms with Gasteiger partial charge in [-0.2, -0.15) is 0 Å². The van der Waals surface area contributed by atoms with Gasteiger partial charge in [-0.15, -0.1) is 11.3 Å². The molecule has 0 aliphatic heterocycles. The average molecular weight is 772 g/mol. The number of hydrogen-bond donors (Lipinski definition) is 0. The van der Waals surface area contributed by atoms with Crippen LogP contribution in [0.2, 0.25) is 0 Å². The van der Waals surface area contributed by atoms with Crippen LogP contribution < -0.4 is 0 Å². The van der Waals surface area contributed by atoms with Gasteiger partial charge in [-0.1, -0.05) is 158 Å². The van der Waals surface area contributed by atoms with E-state index in [1.54, 1.807) is 11.3 Å². The number of nitrogens with zero attached hydrogens (tertiary/aromatic N) is 5. The third-order valence-corrected chi connectivity index (χ3v) is 12.9. The van der Waals surface area contributed by atoms with Crippen LogP contribution in [0.25, 0.3) is 77.5 Å². The van der Waals surface area contributed by atoms with Crippen molar-refractivity contribution in [2.75, 3.05) is 0 Å². The molecule has 0 radical (unpaired) electrons. The molecular formula is C53H33N5S. The second kappa shape index (κ2) is 13.6. The molecule has 5 nitrogen and oxygen atoms in total. The Morgan fingerprint density at radius 1 is 0.305 bits per heavy atom. The van der Waals surface area contributed by atoms with Crippen LogP contribution in [0.5, 0.6) is 0 Å². The number of benzene rings is 7. The van der Waals surface area contributed by atoms with E-state index in [0.717, 1.165) is 49.9 Å². The molecule has 59 heavy (non-hydrogen) atoms. The smallest absolute Gasteiger partial charge is 0.164 e. The molecule has 0 N–H and O–H groups in total. The molecule has 0 saturated heterocycles. The lowest BCUT2D eigenvalue weighted by Gasteiger charge is -2.42. The van der Waals surface area contributed by atoms with Gasteiger partial charge in [-0.3, -0.25) is 0 Å². The highest BCUT2D eigenvalue weighted by Crippen LogP contribution is 2.56. The van der Waals surface area contributed by atoms with Gasteiger partial charge in [0.05, 0.1) is 16.3 Å². The minimum Gasteiger partial charge on any atom is -0.228 e. The van der Waals surface area contributed by atoms with Gasteiger partial charge in [0.15, 0.2) is 23.3 Å². The fourth-order valence-electron chi connectivity index (χ4n) is 9.00. The number of fused-ring (bicyclic) bond motifs is 1. The van der Waals surface area contributed by atoms with Crippen LogP contribution in [0, 0.1) is 0 Å². The molecule has 2 atom stereocenters. The van der Waals surface area contributed by atoms with Crippen LogP contribution in [-0.4, -0.2) is 24.9 Å². The summed E-state index contributed by atoms with van der Waals surface area (Å²) in [5.74, 6) is 2.85. The van der Waals surface area contributed by atoms with Gasteiger partial charge in [0.25, 0.3) is 0 Å². The van der Waals surface area contributed by atoms with Crippen molar-refractivity contribution in [3.8, 4) is 67.4 Å². The lowest BCUT2D eigenvalue weighted by Crippen LogP contribution is -2.27. The minimum atomic E-state index is 0.0682. The zero-order valence-corrected chi connectivity index (χ0v) is 32.5. The Balaban J connectivity index is 0.991. The first-order valence-electron chi connectivity index (χ1n) is 19.9. The van der Waals surface area contributed by atoms with E-state index in [4.69, 9.17) is 24.9 Å². The number of hydrogen-bond acceptors (Lipinski definition) is 6. The molecule has 3 aliphatic rings. The van der Waals surface area contributed by atoms with Gasteiger partial charge >= 0.3 is 0 Å². The molecule has 0 fully saturated rings. The SMILES string of the molecule is c1ccc(-c2nc(-c3ccc4c(c3)C3c5ccccc5C4c4cc(-c5nc(-c6ccccc6)nc(-c6ccccc6)n5)ccc43)cc(-c3cc4ccccc4s3)n2)cc1. The van der Waals surface area contributed by atoms with Crippen LogP contribution in [0.15, 0.2) is 188 Å². The molecule has 2 bridgehead atoms. The Labute approximate surface area is 345 Å². The lowest BCUT2D eigenvalue weighted by molar-refractivity contribution is 0.754. The van der Waals surface area contributed by atoms with Crippen molar-refractivity contribution in [1.29, 1.82) is 0 Å². The van der Waals surface area contributed by atoms with Crippen molar-refractivity contribution in [3.05, 3.63) is 221 Å².